The predicted molar refractivity (Wildman–Crippen MR) is 103 cm³/mol. The average molecular weight is 410 g/mol. The fourth-order valence-corrected chi connectivity index (χ4v) is 2.47. The summed E-state index contributed by atoms with van der Waals surface area (Å²) in [7, 11) is 0. The predicted octanol–water partition coefficient (Wildman–Crippen LogP) is 5.50. The lowest BCUT2D eigenvalue weighted by Gasteiger charge is -2.19. The summed E-state index contributed by atoms with van der Waals surface area (Å²) in [5, 5.41) is 0. The Morgan fingerprint density at radius 1 is 0.931 bits per heavy atom. The molecule has 0 aromatic heterocycles. The maximum atomic E-state index is 12.6. The normalized spacial score (nSPS) is 13.4. The van der Waals surface area contributed by atoms with Crippen molar-refractivity contribution < 1.29 is 32.2 Å². The Hall–Kier alpha value is -2.70. The minimum absolute atomic E-state index is 0.00959. The lowest BCUT2D eigenvalue weighted by molar-refractivity contribution is -0.149. The van der Waals surface area contributed by atoms with Gasteiger partial charge < -0.3 is 14.2 Å². The molecule has 2 rings (SSSR count). The zero-order valence-electron chi connectivity index (χ0n) is 16.7. The Bertz CT molecular complexity index is 770. The van der Waals surface area contributed by atoms with Gasteiger partial charge in [0.05, 0.1) is 24.7 Å². The smallest absolute Gasteiger partial charge is 0.416 e. The summed E-state index contributed by atoms with van der Waals surface area (Å²) < 4.78 is 54.0. The lowest BCUT2D eigenvalue weighted by atomic mass is 9.97. The van der Waals surface area contributed by atoms with E-state index in [1.54, 1.807) is 31.2 Å². The van der Waals surface area contributed by atoms with Gasteiger partial charge in [-0.15, -0.1) is 0 Å². The van der Waals surface area contributed by atoms with Crippen LogP contribution in [0.1, 0.15) is 31.9 Å². The van der Waals surface area contributed by atoms with Crippen molar-refractivity contribution in [2.45, 2.75) is 33.6 Å². The van der Waals surface area contributed by atoms with E-state index in [9.17, 15) is 18.0 Å². The van der Waals surface area contributed by atoms with E-state index in [2.05, 4.69) is 0 Å². The lowest BCUT2D eigenvalue weighted by Crippen LogP contribution is -2.25. The number of halogens is 3. The van der Waals surface area contributed by atoms with Gasteiger partial charge in [0.15, 0.2) is 0 Å². The molecule has 158 valence electrons. The molecule has 2 aromatic carbocycles. The first-order valence-corrected chi connectivity index (χ1v) is 9.39. The van der Waals surface area contributed by atoms with Gasteiger partial charge in [-0.05, 0) is 48.9 Å². The van der Waals surface area contributed by atoms with Crippen molar-refractivity contribution in [1.82, 2.24) is 0 Å². The number of hydrogen-bond acceptors (Lipinski definition) is 4. The number of esters is 1. The first-order chi connectivity index (χ1) is 13.7. The van der Waals surface area contributed by atoms with Crippen LogP contribution in [-0.4, -0.2) is 19.2 Å². The topological polar surface area (TPSA) is 44.8 Å². The Balaban J connectivity index is 1.82. The second-order valence-corrected chi connectivity index (χ2v) is 6.78. The number of alkyl halides is 3. The molecule has 0 radical (unpaired) electrons. The molecule has 0 aliphatic rings. The SMILES string of the molecule is CCOC(=O)C(C)C(C)COc1ccc(OCc2ccc(C(F)(F)F)cc2)cc1. The summed E-state index contributed by atoms with van der Waals surface area (Å²) in [6.45, 7) is 6.38. The van der Waals surface area contributed by atoms with E-state index in [4.69, 9.17) is 14.2 Å². The maximum absolute atomic E-state index is 12.6. The number of hydrogen-bond donors (Lipinski definition) is 0. The van der Waals surface area contributed by atoms with Gasteiger partial charge in [0, 0.05) is 5.92 Å². The molecule has 0 spiro atoms. The molecular weight excluding hydrogens is 385 g/mol. The molecule has 4 nitrogen and oxygen atoms in total. The van der Waals surface area contributed by atoms with Gasteiger partial charge in [-0.2, -0.15) is 13.2 Å². The third-order valence-corrected chi connectivity index (χ3v) is 4.54. The Morgan fingerprint density at radius 3 is 2.00 bits per heavy atom. The van der Waals surface area contributed by atoms with Gasteiger partial charge in [-0.25, -0.2) is 0 Å². The highest BCUT2D eigenvalue weighted by molar-refractivity contribution is 5.72. The van der Waals surface area contributed by atoms with E-state index in [0.29, 0.717) is 30.3 Å². The second kappa shape index (κ2) is 10.2. The average Bonchev–Trinajstić information content (AvgIpc) is 2.70. The largest absolute Gasteiger partial charge is 0.493 e. The number of benzene rings is 2. The number of rotatable bonds is 9. The van der Waals surface area contributed by atoms with Crippen LogP contribution in [0.5, 0.6) is 11.5 Å². The van der Waals surface area contributed by atoms with Gasteiger partial charge in [-0.3, -0.25) is 4.79 Å². The van der Waals surface area contributed by atoms with Crippen LogP contribution in [0.3, 0.4) is 0 Å². The van der Waals surface area contributed by atoms with E-state index in [-0.39, 0.29) is 24.4 Å². The maximum Gasteiger partial charge on any atom is 0.416 e. The fourth-order valence-electron chi connectivity index (χ4n) is 2.47. The first-order valence-electron chi connectivity index (χ1n) is 9.39. The van der Waals surface area contributed by atoms with Gasteiger partial charge in [0.25, 0.3) is 0 Å². The molecule has 0 heterocycles. The van der Waals surface area contributed by atoms with E-state index in [0.717, 1.165) is 12.1 Å². The molecule has 0 fully saturated rings. The Labute approximate surface area is 168 Å². The van der Waals surface area contributed by atoms with Crippen LogP contribution in [-0.2, 0) is 22.3 Å². The van der Waals surface area contributed by atoms with Gasteiger partial charge in [0.1, 0.15) is 18.1 Å². The highest BCUT2D eigenvalue weighted by Crippen LogP contribution is 2.29. The molecule has 2 unspecified atom stereocenters. The quantitative estimate of drug-likeness (QED) is 0.512. The summed E-state index contributed by atoms with van der Waals surface area (Å²) in [6, 6.07) is 11.8. The minimum atomic E-state index is -4.35. The summed E-state index contributed by atoms with van der Waals surface area (Å²) in [5.74, 6) is 0.696. The molecule has 0 aliphatic heterocycles. The fraction of sp³-hybridized carbons (Fsp3) is 0.409. The van der Waals surface area contributed by atoms with Crippen molar-refractivity contribution >= 4 is 5.97 Å². The molecular formula is C22H25F3O4. The summed E-state index contributed by atoms with van der Waals surface area (Å²) >= 11 is 0. The molecule has 0 amide bonds. The monoisotopic (exact) mass is 410 g/mol. The van der Waals surface area contributed by atoms with Gasteiger partial charge in [0.2, 0.25) is 0 Å². The molecule has 2 atom stereocenters. The summed E-state index contributed by atoms with van der Waals surface area (Å²) in [4.78, 5) is 11.7. The standard InChI is InChI=1S/C22H25F3O4/c1-4-27-21(26)16(3)15(2)13-28-19-9-11-20(12-10-19)29-14-17-5-7-18(8-6-17)22(23,24)25/h5-12,15-16H,4,13-14H2,1-3H3. The van der Waals surface area contributed by atoms with Crippen molar-refractivity contribution in [3.63, 3.8) is 0 Å². The Kier molecular flexibility index (Phi) is 7.93. The number of carbonyl (C=O) groups excluding carboxylic acids is 1. The number of carbonyl (C=O) groups is 1. The third kappa shape index (κ3) is 7.00. The van der Waals surface area contributed by atoms with E-state index in [1.807, 2.05) is 13.8 Å². The number of ether oxygens (including phenoxy) is 3. The summed E-state index contributed by atoms with van der Waals surface area (Å²) in [5.41, 5.74) is -0.0469. The van der Waals surface area contributed by atoms with Crippen LogP contribution in [0.25, 0.3) is 0 Å². The minimum Gasteiger partial charge on any atom is -0.493 e. The first kappa shape index (κ1) is 22.6. The van der Waals surface area contributed by atoms with E-state index < -0.39 is 11.7 Å². The molecule has 0 N–H and O–H groups in total. The highest BCUT2D eigenvalue weighted by Gasteiger charge is 2.29. The molecule has 0 bridgehead atoms. The van der Waals surface area contributed by atoms with Crippen molar-refractivity contribution in [1.29, 1.82) is 0 Å². The van der Waals surface area contributed by atoms with Crippen molar-refractivity contribution in [3.05, 3.63) is 59.7 Å². The van der Waals surface area contributed by atoms with Crippen LogP contribution in [0.4, 0.5) is 13.2 Å². The molecule has 7 heteroatoms. The van der Waals surface area contributed by atoms with Crippen molar-refractivity contribution in [2.24, 2.45) is 11.8 Å². The van der Waals surface area contributed by atoms with Crippen molar-refractivity contribution in [2.75, 3.05) is 13.2 Å². The van der Waals surface area contributed by atoms with Crippen LogP contribution in [0.15, 0.2) is 48.5 Å². The molecule has 0 saturated heterocycles. The highest BCUT2D eigenvalue weighted by atomic mass is 19.4. The van der Waals surface area contributed by atoms with Gasteiger partial charge in [-0.1, -0.05) is 26.0 Å². The molecule has 0 saturated carbocycles. The van der Waals surface area contributed by atoms with Crippen LogP contribution >= 0.6 is 0 Å². The van der Waals surface area contributed by atoms with Crippen LogP contribution in [0, 0.1) is 11.8 Å². The zero-order chi connectivity index (χ0) is 21.4. The molecule has 0 aliphatic carbocycles. The van der Waals surface area contributed by atoms with Gasteiger partial charge >= 0.3 is 12.1 Å². The zero-order valence-corrected chi connectivity index (χ0v) is 16.7. The van der Waals surface area contributed by atoms with E-state index >= 15 is 0 Å². The Morgan fingerprint density at radius 2 is 1.48 bits per heavy atom. The van der Waals surface area contributed by atoms with Crippen LogP contribution in [0.2, 0.25) is 0 Å². The van der Waals surface area contributed by atoms with E-state index in [1.165, 1.54) is 12.1 Å². The second-order valence-electron chi connectivity index (χ2n) is 6.78. The third-order valence-electron chi connectivity index (χ3n) is 4.54. The summed E-state index contributed by atoms with van der Waals surface area (Å²) in [6.07, 6.45) is -4.35. The molecule has 29 heavy (non-hydrogen) atoms. The molecule has 2 aromatic rings. The van der Waals surface area contributed by atoms with Crippen molar-refractivity contribution in [3.8, 4) is 11.5 Å². The van der Waals surface area contributed by atoms with Crippen LogP contribution < -0.4 is 9.47 Å².